The van der Waals surface area contributed by atoms with Gasteiger partial charge in [0.05, 0.1) is 11.4 Å². The molecule has 0 unspecified atom stereocenters. The number of anilines is 1. The standard InChI is InChI=1S/C19H24BrN3O3S2/c1-13-10-16(20)4-5-17(13)21-19(24)12-22-6-8-23(9-7-22)28(25,26)18-11-14(2)27-15(18)3/h4-5,10-11H,6-9,12H2,1-3H3,(H,21,24). The maximum Gasteiger partial charge on any atom is 0.244 e. The van der Waals surface area contributed by atoms with Gasteiger partial charge in [0, 0.05) is 46.1 Å². The Bertz CT molecular complexity index is 980. The van der Waals surface area contributed by atoms with Gasteiger partial charge in [0.1, 0.15) is 0 Å². The topological polar surface area (TPSA) is 69.7 Å². The molecule has 1 aromatic heterocycles. The highest BCUT2D eigenvalue weighted by molar-refractivity contribution is 9.10. The fraction of sp³-hybridized carbons (Fsp3) is 0.421. The number of hydrogen-bond donors (Lipinski definition) is 1. The van der Waals surface area contributed by atoms with Crippen LogP contribution >= 0.6 is 27.3 Å². The van der Waals surface area contributed by atoms with Crippen LogP contribution in [-0.4, -0.2) is 56.3 Å². The van der Waals surface area contributed by atoms with Gasteiger partial charge in [-0.15, -0.1) is 11.3 Å². The Hall–Kier alpha value is -1.26. The van der Waals surface area contributed by atoms with Crippen LogP contribution in [0.1, 0.15) is 15.3 Å². The molecule has 1 aromatic carbocycles. The third-order valence-electron chi connectivity index (χ3n) is 4.77. The Balaban J connectivity index is 1.56. The number of halogens is 1. The van der Waals surface area contributed by atoms with Crippen molar-refractivity contribution in [3.05, 3.63) is 44.1 Å². The maximum absolute atomic E-state index is 12.9. The molecule has 1 saturated heterocycles. The van der Waals surface area contributed by atoms with Gasteiger partial charge in [0.2, 0.25) is 15.9 Å². The van der Waals surface area contributed by atoms with Crippen LogP contribution in [0.4, 0.5) is 5.69 Å². The molecule has 0 radical (unpaired) electrons. The summed E-state index contributed by atoms with van der Waals surface area (Å²) >= 11 is 4.91. The van der Waals surface area contributed by atoms with Gasteiger partial charge in [-0.3, -0.25) is 9.69 Å². The molecule has 1 amide bonds. The first-order chi connectivity index (χ1) is 13.2. The molecule has 1 aliphatic heterocycles. The Morgan fingerprint density at radius 1 is 1.14 bits per heavy atom. The van der Waals surface area contributed by atoms with Crippen molar-refractivity contribution in [3.8, 4) is 0 Å². The zero-order valence-electron chi connectivity index (χ0n) is 16.2. The van der Waals surface area contributed by atoms with E-state index in [4.69, 9.17) is 0 Å². The summed E-state index contributed by atoms with van der Waals surface area (Å²) in [4.78, 5) is 16.6. The second kappa shape index (κ2) is 8.62. The number of carbonyl (C=O) groups excluding carboxylic acids is 1. The van der Waals surface area contributed by atoms with E-state index < -0.39 is 10.0 Å². The van der Waals surface area contributed by atoms with E-state index in [0.29, 0.717) is 31.1 Å². The molecule has 0 aliphatic carbocycles. The second-order valence-corrected chi connectivity index (χ2v) is 11.2. The van der Waals surface area contributed by atoms with E-state index in [0.717, 1.165) is 25.5 Å². The van der Waals surface area contributed by atoms with Gasteiger partial charge in [0.25, 0.3) is 0 Å². The van der Waals surface area contributed by atoms with E-state index >= 15 is 0 Å². The molecule has 3 rings (SSSR count). The molecular formula is C19H24BrN3O3S2. The van der Waals surface area contributed by atoms with E-state index in [1.807, 2.05) is 43.9 Å². The lowest BCUT2D eigenvalue weighted by Crippen LogP contribution is -2.50. The highest BCUT2D eigenvalue weighted by atomic mass is 79.9. The number of thiophene rings is 1. The number of piperazine rings is 1. The normalized spacial score (nSPS) is 16.3. The number of sulfonamides is 1. The fourth-order valence-electron chi connectivity index (χ4n) is 3.29. The van der Waals surface area contributed by atoms with Crippen molar-refractivity contribution >= 4 is 48.9 Å². The predicted octanol–water partition coefficient (Wildman–Crippen LogP) is 3.38. The highest BCUT2D eigenvalue weighted by Crippen LogP contribution is 2.28. The smallest absolute Gasteiger partial charge is 0.244 e. The summed E-state index contributed by atoms with van der Waals surface area (Å²) in [6, 6.07) is 7.45. The van der Waals surface area contributed by atoms with Gasteiger partial charge in [-0.05, 0) is 50.6 Å². The highest BCUT2D eigenvalue weighted by Gasteiger charge is 2.31. The van der Waals surface area contributed by atoms with Crippen LogP contribution in [0.2, 0.25) is 0 Å². The summed E-state index contributed by atoms with van der Waals surface area (Å²) in [6.07, 6.45) is 0. The lowest BCUT2D eigenvalue weighted by molar-refractivity contribution is -0.117. The number of aryl methyl sites for hydroxylation is 3. The Labute approximate surface area is 178 Å². The summed E-state index contributed by atoms with van der Waals surface area (Å²) in [5.41, 5.74) is 1.78. The van der Waals surface area contributed by atoms with Gasteiger partial charge in [-0.2, -0.15) is 4.31 Å². The van der Waals surface area contributed by atoms with Crippen molar-refractivity contribution in [2.45, 2.75) is 25.7 Å². The van der Waals surface area contributed by atoms with E-state index in [-0.39, 0.29) is 12.5 Å². The first-order valence-electron chi connectivity index (χ1n) is 9.02. The molecule has 0 bridgehead atoms. The van der Waals surface area contributed by atoms with Crippen LogP contribution in [0.15, 0.2) is 33.6 Å². The van der Waals surface area contributed by atoms with E-state index in [9.17, 15) is 13.2 Å². The summed E-state index contributed by atoms with van der Waals surface area (Å²) in [6.45, 7) is 7.80. The molecule has 1 fully saturated rings. The number of carbonyl (C=O) groups is 1. The summed E-state index contributed by atoms with van der Waals surface area (Å²) in [7, 11) is -3.47. The van der Waals surface area contributed by atoms with Crippen LogP contribution in [0.25, 0.3) is 0 Å². The van der Waals surface area contributed by atoms with Crippen LogP contribution in [0.5, 0.6) is 0 Å². The van der Waals surface area contributed by atoms with E-state index in [2.05, 4.69) is 21.2 Å². The fourth-order valence-corrected chi connectivity index (χ4v) is 6.71. The number of rotatable bonds is 5. The third-order valence-corrected chi connectivity index (χ3v) is 8.39. The molecule has 6 nitrogen and oxygen atoms in total. The van der Waals surface area contributed by atoms with Crippen LogP contribution in [-0.2, 0) is 14.8 Å². The van der Waals surface area contributed by atoms with Crippen molar-refractivity contribution in [1.29, 1.82) is 0 Å². The maximum atomic E-state index is 12.9. The molecular weight excluding hydrogens is 462 g/mol. The molecule has 1 aliphatic rings. The molecule has 9 heteroatoms. The van der Waals surface area contributed by atoms with Crippen molar-refractivity contribution in [2.75, 3.05) is 38.0 Å². The minimum Gasteiger partial charge on any atom is -0.325 e. The Morgan fingerprint density at radius 2 is 1.82 bits per heavy atom. The number of hydrogen-bond acceptors (Lipinski definition) is 5. The lowest BCUT2D eigenvalue weighted by Gasteiger charge is -2.33. The van der Waals surface area contributed by atoms with Gasteiger partial charge < -0.3 is 5.32 Å². The van der Waals surface area contributed by atoms with Crippen LogP contribution < -0.4 is 5.32 Å². The van der Waals surface area contributed by atoms with Crippen LogP contribution in [0.3, 0.4) is 0 Å². The first kappa shape index (κ1) is 21.4. The van der Waals surface area contributed by atoms with Gasteiger partial charge in [-0.25, -0.2) is 8.42 Å². The lowest BCUT2D eigenvalue weighted by atomic mass is 10.2. The van der Waals surface area contributed by atoms with Crippen molar-refractivity contribution < 1.29 is 13.2 Å². The number of nitrogens with zero attached hydrogens (tertiary/aromatic N) is 2. The second-order valence-electron chi connectivity index (χ2n) is 6.97. The molecule has 0 saturated carbocycles. The minimum atomic E-state index is -3.47. The van der Waals surface area contributed by atoms with Gasteiger partial charge in [-0.1, -0.05) is 15.9 Å². The number of benzene rings is 1. The predicted molar refractivity (Wildman–Crippen MR) is 117 cm³/mol. The molecule has 2 heterocycles. The molecule has 152 valence electrons. The third kappa shape index (κ3) is 4.83. The Kier molecular flexibility index (Phi) is 6.61. The summed E-state index contributed by atoms with van der Waals surface area (Å²) in [5.74, 6) is -0.0916. The Morgan fingerprint density at radius 3 is 2.39 bits per heavy atom. The SMILES string of the molecule is Cc1cc(S(=O)(=O)N2CCN(CC(=O)Nc3ccc(Br)cc3C)CC2)c(C)s1. The summed E-state index contributed by atoms with van der Waals surface area (Å²) in [5, 5.41) is 2.93. The quantitative estimate of drug-likeness (QED) is 0.704. The van der Waals surface area contributed by atoms with Crippen molar-refractivity contribution in [1.82, 2.24) is 9.21 Å². The average molecular weight is 486 g/mol. The molecule has 0 atom stereocenters. The molecule has 2 aromatic rings. The zero-order valence-corrected chi connectivity index (χ0v) is 19.4. The minimum absolute atomic E-state index is 0.0916. The molecule has 28 heavy (non-hydrogen) atoms. The summed E-state index contributed by atoms with van der Waals surface area (Å²) < 4.78 is 28.3. The van der Waals surface area contributed by atoms with Gasteiger partial charge >= 0.3 is 0 Å². The molecule has 0 spiro atoms. The zero-order chi connectivity index (χ0) is 20.5. The largest absolute Gasteiger partial charge is 0.325 e. The van der Waals surface area contributed by atoms with Gasteiger partial charge in [0.15, 0.2) is 0 Å². The van der Waals surface area contributed by atoms with E-state index in [1.54, 1.807) is 6.07 Å². The number of amides is 1. The molecule has 1 N–H and O–H groups in total. The monoisotopic (exact) mass is 485 g/mol. The van der Waals surface area contributed by atoms with Crippen molar-refractivity contribution in [2.24, 2.45) is 0 Å². The average Bonchev–Trinajstić information content (AvgIpc) is 2.97. The van der Waals surface area contributed by atoms with Crippen LogP contribution in [0, 0.1) is 20.8 Å². The first-order valence-corrected chi connectivity index (χ1v) is 12.1. The van der Waals surface area contributed by atoms with Crippen molar-refractivity contribution in [3.63, 3.8) is 0 Å². The van der Waals surface area contributed by atoms with E-state index in [1.165, 1.54) is 15.6 Å². The number of nitrogens with one attached hydrogen (secondary N) is 1.